The standard InChI is InChI=1S/C25H33N5O2/c1-19-10-11-21(17-27-19)15-22-18-28-25(29-24(22)31)26-12-6-14-32-23-9-4-7-20(16-23)8-5-13-30(2)3/h4,7,9-11,16-18H,5-6,8,12-15H2,1-3H3,(H2,26,28,29,31). The minimum atomic E-state index is -0.134. The lowest BCUT2D eigenvalue weighted by Gasteiger charge is -2.11. The van der Waals surface area contributed by atoms with Gasteiger partial charge in [-0.15, -0.1) is 0 Å². The molecule has 0 saturated heterocycles. The van der Waals surface area contributed by atoms with Crippen LogP contribution in [0.4, 0.5) is 5.95 Å². The van der Waals surface area contributed by atoms with Crippen molar-refractivity contribution >= 4 is 5.95 Å². The Morgan fingerprint density at radius 2 is 1.94 bits per heavy atom. The molecule has 0 radical (unpaired) electrons. The summed E-state index contributed by atoms with van der Waals surface area (Å²) in [7, 11) is 4.19. The summed E-state index contributed by atoms with van der Waals surface area (Å²) in [5.74, 6) is 1.37. The van der Waals surface area contributed by atoms with Crippen molar-refractivity contribution in [3.05, 3.63) is 81.5 Å². The zero-order chi connectivity index (χ0) is 22.8. The van der Waals surface area contributed by atoms with Gasteiger partial charge in [-0.05, 0) is 76.2 Å². The van der Waals surface area contributed by atoms with Crippen LogP contribution in [0.5, 0.6) is 5.75 Å². The van der Waals surface area contributed by atoms with Crippen LogP contribution in [0.25, 0.3) is 0 Å². The Bertz CT molecular complexity index is 1030. The van der Waals surface area contributed by atoms with E-state index in [0.717, 1.165) is 42.8 Å². The van der Waals surface area contributed by atoms with Crippen molar-refractivity contribution < 1.29 is 4.74 Å². The normalized spacial score (nSPS) is 11.0. The quantitative estimate of drug-likeness (QED) is 0.424. The molecule has 2 aromatic heterocycles. The fourth-order valence-corrected chi connectivity index (χ4v) is 3.32. The van der Waals surface area contributed by atoms with E-state index in [1.54, 1.807) is 12.4 Å². The van der Waals surface area contributed by atoms with Crippen molar-refractivity contribution in [2.75, 3.05) is 39.1 Å². The van der Waals surface area contributed by atoms with Gasteiger partial charge in [-0.3, -0.25) is 14.8 Å². The minimum Gasteiger partial charge on any atom is -0.494 e. The van der Waals surface area contributed by atoms with Crippen molar-refractivity contribution in [1.29, 1.82) is 0 Å². The van der Waals surface area contributed by atoms with Crippen LogP contribution in [0.2, 0.25) is 0 Å². The smallest absolute Gasteiger partial charge is 0.255 e. The van der Waals surface area contributed by atoms with Crippen molar-refractivity contribution in [3.8, 4) is 5.75 Å². The molecule has 170 valence electrons. The molecular weight excluding hydrogens is 402 g/mol. The monoisotopic (exact) mass is 435 g/mol. The van der Waals surface area contributed by atoms with Crippen molar-refractivity contribution in [2.45, 2.75) is 32.6 Å². The summed E-state index contributed by atoms with van der Waals surface area (Å²) in [5, 5.41) is 3.16. The zero-order valence-electron chi connectivity index (χ0n) is 19.2. The lowest BCUT2D eigenvalue weighted by molar-refractivity contribution is 0.314. The van der Waals surface area contributed by atoms with Crippen molar-refractivity contribution in [2.24, 2.45) is 0 Å². The number of aromatic nitrogens is 3. The molecule has 7 nitrogen and oxygen atoms in total. The third-order valence-corrected chi connectivity index (χ3v) is 5.09. The van der Waals surface area contributed by atoms with Gasteiger partial charge in [-0.2, -0.15) is 0 Å². The second-order valence-electron chi connectivity index (χ2n) is 8.25. The second-order valence-corrected chi connectivity index (χ2v) is 8.25. The van der Waals surface area contributed by atoms with Crippen molar-refractivity contribution in [3.63, 3.8) is 0 Å². The predicted octanol–water partition coefficient (Wildman–Crippen LogP) is 3.44. The Balaban J connectivity index is 1.40. The molecule has 0 fully saturated rings. The van der Waals surface area contributed by atoms with E-state index in [-0.39, 0.29) is 5.56 Å². The highest BCUT2D eigenvalue weighted by Crippen LogP contribution is 2.15. The maximum Gasteiger partial charge on any atom is 0.255 e. The number of aryl methyl sites for hydroxylation is 2. The van der Waals surface area contributed by atoms with Crippen molar-refractivity contribution in [1.82, 2.24) is 19.9 Å². The zero-order valence-corrected chi connectivity index (χ0v) is 19.2. The lowest BCUT2D eigenvalue weighted by atomic mass is 10.1. The summed E-state index contributed by atoms with van der Waals surface area (Å²) >= 11 is 0. The predicted molar refractivity (Wildman–Crippen MR) is 129 cm³/mol. The third kappa shape index (κ3) is 7.81. The number of aromatic amines is 1. The number of anilines is 1. The summed E-state index contributed by atoms with van der Waals surface area (Å²) < 4.78 is 5.88. The van der Waals surface area contributed by atoms with Crippen LogP contribution in [0.15, 0.2) is 53.6 Å². The maximum atomic E-state index is 12.3. The molecule has 7 heteroatoms. The molecule has 0 aliphatic rings. The summed E-state index contributed by atoms with van der Waals surface area (Å²) in [6, 6.07) is 12.2. The first-order valence-electron chi connectivity index (χ1n) is 11.1. The fourth-order valence-electron chi connectivity index (χ4n) is 3.32. The average molecular weight is 436 g/mol. The summed E-state index contributed by atoms with van der Waals surface area (Å²) in [5.41, 5.74) is 3.73. The van der Waals surface area contributed by atoms with E-state index < -0.39 is 0 Å². The molecule has 3 rings (SSSR count). The van der Waals surface area contributed by atoms with E-state index in [4.69, 9.17) is 4.74 Å². The van der Waals surface area contributed by atoms with Crippen LogP contribution >= 0.6 is 0 Å². The first kappa shape index (κ1) is 23.5. The molecule has 0 unspecified atom stereocenters. The molecule has 2 heterocycles. The Morgan fingerprint density at radius 1 is 1.06 bits per heavy atom. The van der Waals surface area contributed by atoms with E-state index >= 15 is 0 Å². The van der Waals surface area contributed by atoms with Gasteiger partial charge < -0.3 is 15.0 Å². The summed E-state index contributed by atoms with van der Waals surface area (Å²) in [4.78, 5) is 26.0. The van der Waals surface area contributed by atoms with Crippen LogP contribution in [-0.4, -0.2) is 53.6 Å². The van der Waals surface area contributed by atoms with E-state index in [2.05, 4.69) is 51.4 Å². The number of H-pyrrole nitrogens is 1. The number of nitrogens with zero attached hydrogens (tertiary/aromatic N) is 3. The van der Waals surface area contributed by atoms with E-state index in [1.165, 1.54) is 5.56 Å². The summed E-state index contributed by atoms with van der Waals surface area (Å²) in [6.45, 7) is 4.27. The number of benzene rings is 1. The van der Waals surface area contributed by atoms with Gasteiger partial charge in [0.25, 0.3) is 5.56 Å². The van der Waals surface area contributed by atoms with Gasteiger partial charge >= 0.3 is 0 Å². The van der Waals surface area contributed by atoms with Crippen LogP contribution < -0.4 is 15.6 Å². The van der Waals surface area contributed by atoms with Gasteiger partial charge in [-0.25, -0.2) is 4.98 Å². The second kappa shape index (κ2) is 12.0. The topological polar surface area (TPSA) is 83.1 Å². The molecule has 0 spiro atoms. The van der Waals surface area contributed by atoms with Gasteiger partial charge in [0, 0.05) is 36.6 Å². The van der Waals surface area contributed by atoms with Crippen LogP contribution in [-0.2, 0) is 12.8 Å². The maximum absolute atomic E-state index is 12.3. The highest BCUT2D eigenvalue weighted by Gasteiger charge is 2.05. The first-order chi connectivity index (χ1) is 15.5. The molecule has 0 amide bonds. The Kier molecular flexibility index (Phi) is 8.80. The Morgan fingerprint density at radius 3 is 2.69 bits per heavy atom. The fraction of sp³-hybridized carbons (Fsp3) is 0.400. The SMILES string of the molecule is Cc1ccc(Cc2cnc(NCCCOc3cccc(CCCN(C)C)c3)[nH]c2=O)cn1. The van der Waals surface area contributed by atoms with Gasteiger partial charge in [-0.1, -0.05) is 18.2 Å². The molecule has 0 aliphatic heterocycles. The van der Waals surface area contributed by atoms with E-state index in [0.29, 0.717) is 31.1 Å². The number of hydrogen-bond acceptors (Lipinski definition) is 6. The highest BCUT2D eigenvalue weighted by atomic mass is 16.5. The van der Waals surface area contributed by atoms with E-state index in [9.17, 15) is 4.79 Å². The Labute approximate surface area is 189 Å². The molecule has 32 heavy (non-hydrogen) atoms. The van der Waals surface area contributed by atoms with Crippen LogP contribution in [0.3, 0.4) is 0 Å². The average Bonchev–Trinajstić information content (AvgIpc) is 2.77. The van der Waals surface area contributed by atoms with Gasteiger partial charge in [0.05, 0.1) is 6.61 Å². The number of rotatable bonds is 12. The third-order valence-electron chi connectivity index (χ3n) is 5.09. The van der Waals surface area contributed by atoms with Gasteiger partial charge in [0.1, 0.15) is 5.75 Å². The molecular formula is C25H33N5O2. The summed E-state index contributed by atoms with van der Waals surface area (Å²) in [6.07, 6.45) is 6.90. The highest BCUT2D eigenvalue weighted by molar-refractivity contribution is 5.29. The molecule has 1 aromatic carbocycles. The largest absolute Gasteiger partial charge is 0.494 e. The number of hydrogen-bond donors (Lipinski definition) is 2. The number of nitrogens with one attached hydrogen (secondary N) is 2. The Hall–Kier alpha value is -3.19. The van der Waals surface area contributed by atoms with Crippen LogP contribution in [0.1, 0.15) is 35.2 Å². The van der Waals surface area contributed by atoms with Crippen LogP contribution in [0, 0.1) is 6.92 Å². The van der Waals surface area contributed by atoms with E-state index in [1.807, 2.05) is 31.2 Å². The van der Waals surface area contributed by atoms with Gasteiger partial charge in [0.2, 0.25) is 5.95 Å². The number of ether oxygens (including phenoxy) is 1. The minimum absolute atomic E-state index is 0.134. The molecule has 3 aromatic rings. The molecule has 0 bridgehead atoms. The lowest BCUT2D eigenvalue weighted by Crippen LogP contribution is -2.18. The molecule has 0 saturated carbocycles. The molecule has 2 N–H and O–H groups in total. The molecule has 0 aliphatic carbocycles. The van der Waals surface area contributed by atoms with Gasteiger partial charge in [0.15, 0.2) is 0 Å². The number of pyridine rings is 1. The first-order valence-corrected chi connectivity index (χ1v) is 11.1. The molecule has 0 atom stereocenters.